The summed E-state index contributed by atoms with van der Waals surface area (Å²) < 4.78 is 0.998. The van der Waals surface area contributed by atoms with Crippen LogP contribution in [0.2, 0.25) is 0 Å². The second kappa shape index (κ2) is 6.12. The van der Waals surface area contributed by atoms with Crippen LogP contribution in [0.3, 0.4) is 0 Å². The quantitative estimate of drug-likeness (QED) is 0.868. The van der Waals surface area contributed by atoms with Crippen LogP contribution >= 0.6 is 28.1 Å². The molecule has 1 aromatic carbocycles. The molecule has 17 heavy (non-hydrogen) atoms. The van der Waals surface area contributed by atoms with Crippen molar-refractivity contribution < 1.29 is 4.79 Å². The summed E-state index contributed by atoms with van der Waals surface area (Å²) in [5.41, 5.74) is 6.53. The third kappa shape index (κ3) is 4.09. The zero-order chi connectivity index (χ0) is 13.0. The Morgan fingerprint density at radius 1 is 1.59 bits per heavy atom. The molecule has 1 rings (SSSR count). The first kappa shape index (κ1) is 14.1. The summed E-state index contributed by atoms with van der Waals surface area (Å²) >= 11 is 8.22. The molecule has 92 valence electrons. The standard InChI is InChI=1S/C12H15BrN2OS/c1-8(11(14)17)12(16)15(2)7-9-4-3-5-10(13)6-9/h3-6,8H,7H2,1-2H3,(H2,14,17). The van der Waals surface area contributed by atoms with E-state index in [0.717, 1.165) is 10.0 Å². The molecule has 1 amide bonds. The average Bonchev–Trinajstić information content (AvgIpc) is 2.26. The smallest absolute Gasteiger partial charge is 0.232 e. The van der Waals surface area contributed by atoms with Crippen molar-refractivity contribution >= 4 is 39.0 Å². The lowest BCUT2D eigenvalue weighted by Gasteiger charge is -2.21. The Balaban J connectivity index is 2.69. The second-order valence-corrected chi connectivity index (χ2v) is 5.34. The number of benzene rings is 1. The molecule has 1 unspecified atom stereocenters. The molecule has 0 bridgehead atoms. The number of hydrogen-bond donors (Lipinski definition) is 1. The zero-order valence-electron chi connectivity index (χ0n) is 9.81. The summed E-state index contributed by atoms with van der Waals surface area (Å²) in [4.78, 5) is 13.8. The lowest BCUT2D eigenvalue weighted by Crippen LogP contribution is -2.37. The number of carbonyl (C=O) groups is 1. The van der Waals surface area contributed by atoms with Crippen molar-refractivity contribution in [2.45, 2.75) is 13.5 Å². The Labute approximate surface area is 115 Å². The molecule has 0 saturated carbocycles. The lowest BCUT2D eigenvalue weighted by atomic mass is 10.1. The van der Waals surface area contributed by atoms with Crippen LogP contribution in [0.25, 0.3) is 0 Å². The van der Waals surface area contributed by atoms with Crippen LogP contribution in [-0.2, 0) is 11.3 Å². The highest BCUT2D eigenvalue weighted by atomic mass is 79.9. The van der Waals surface area contributed by atoms with Crippen molar-refractivity contribution in [3.8, 4) is 0 Å². The molecule has 0 heterocycles. The van der Waals surface area contributed by atoms with E-state index in [1.165, 1.54) is 0 Å². The molecular weight excluding hydrogens is 300 g/mol. The average molecular weight is 315 g/mol. The normalized spacial score (nSPS) is 11.9. The number of thiocarbonyl (C=S) groups is 1. The van der Waals surface area contributed by atoms with E-state index in [-0.39, 0.29) is 10.9 Å². The molecule has 5 heteroatoms. The highest BCUT2D eigenvalue weighted by Crippen LogP contribution is 2.14. The van der Waals surface area contributed by atoms with Crippen molar-refractivity contribution in [2.24, 2.45) is 11.7 Å². The number of nitrogens with two attached hydrogens (primary N) is 1. The molecule has 0 fully saturated rings. The number of halogens is 1. The van der Waals surface area contributed by atoms with Crippen molar-refractivity contribution in [1.82, 2.24) is 4.90 Å². The van der Waals surface area contributed by atoms with Crippen LogP contribution in [0.1, 0.15) is 12.5 Å². The predicted molar refractivity (Wildman–Crippen MR) is 76.6 cm³/mol. The van der Waals surface area contributed by atoms with Crippen molar-refractivity contribution in [3.05, 3.63) is 34.3 Å². The number of rotatable bonds is 4. The molecular formula is C12H15BrN2OS. The van der Waals surface area contributed by atoms with Gasteiger partial charge < -0.3 is 10.6 Å². The van der Waals surface area contributed by atoms with Gasteiger partial charge in [-0.15, -0.1) is 0 Å². The van der Waals surface area contributed by atoms with Gasteiger partial charge in [-0.2, -0.15) is 0 Å². The van der Waals surface area contributed by atoms with Crippen LogP contribution in [0, 0.1) is 5.92 Å². The van der Waals surface area contributed by atoms with Gasteiger partial charge in [0.25, 0.3) is 0 Å². The van der Waals surface area contributed by atoms with Gasteiger partial charge in [0.15, 0.2) is 0 Å². The van der Waals surface area contributed by atoms with Crippen LogP contribution in [-0.4, -0.2) is 22.8 Å². The van der Waals surface area contributed by atoms with Gasteiger partial charge in [-0.25, -0.2) is 0 Å². The van der Waals surface area contributed by atoms with Crippen LogP contribution in [0.15, 0.2) is 28.7 Å². The molecule has 0 aliphatic carbocycles. The molecule has 1 aromatic rings. The predicted octanol–water partition coefficient (Wildman–Crippen LogP) is 2.33. The van der Waals surface area contributed by atoms with Gasteiger partial charge >= 0.3 is 0 Å². The fourth-order valence-corrected chi connectivity index (χ4v) is 1.99. The molecule has 0 aromatic heterocycles. The molecule has 0 aliphatic rings. The number of hydrogen-bond acceptors (Lipinski definition) is 2. The minimum atomic E-state index is -0.415. The lowest BCUT2D eigenvalue weighted by molar-refractivity contribution is -0.132. The topological polar surface area (TPSA) is 46.3 Å². The van der Waals surface area contributed by atoms with E-state index in [0.29, 0.717) is 6.54 Å². The van der Waals surface area contributed by atoms with E-state index in [1.54, 1.807) is 18.9 Å². The summed E-state index contributed by atoms with van der Waals surface area (Å²) in [5, 5.41) is 0. The molecule has 0 spiro atoms. The van der Waals surface area contributed by atoms with Gasteiger partial charge in [0.2, 0.25) is 5.91 Å². The van der Waals surface area contributed by atoms with Crippen molar-refractivity contribution in [3.63, 3.8) is 0 Å². The maximum Gasteiger partial charge on any atom is 0.232 e. The van der Waals surface area contributed by atoms with E-state index in [2.05, 4.69) is 15.9 Å². The first-order valence-corrected chi connectivity index (χ1v) is 6.40. The Kier molecular flexibility index (Phi) is 5.08. The fourth-order valence-electron chi connectivity index (χ4n) is 1.44. The first-order chi connectivity index (χ1) is 7.91. The molecule has 2 N–H and O–H groups in total. The maximum atomic E-state index is 11.9. The third-order valence-corrected chi connectivity index (χ3v) is 3.33. The molecule has 3 nitrogen and oxygen atoms in total. The highest BCUT2D eigenvalue weighted by Gasteiger charge is 2.19. The first-order valence-electron chi connectivity index (χ1n) is 5.20. The summed E-state index contributed by atoms with van der Waals surface area (Å²) in [5.74, 6) is -0.473. The van der Waals surface area contributed by atoms with Crippen molar-refractivity contribution in [1.29, 1.82) is 0 Å². The summed E-state index contributed by atoms with van der Waals surface area (Å²) in [6.45, 7) is 2.27. The molecule has 0 saturated heterocycles. The van der Waals surface area contributed by atoms with E-state index in [4.69, 9.17) is 18.0 Å². The van der Waals surface area contributed by atoms with Gasteiger partial charge in [-0.3, -0.25) is 4.79 Å². The Morgan fingerprint density at radius 2 is 2.24 bits per heavy atom. The van der Waals surface area contributed by atoms with E-state index in [1.807, 2.05) is 24.3 Å². The zero-order valence-corrected chi connectivity index (χ0v) is 12.2. The molecule has 0 radical (unpaired) electrons. The highest BCUT2D eigenvalue weighted by molar-refractivity contribution is 9.10. The van der Waals surface area contributed by atoms with Crippen LogP contribution in [0.5, 0.6) is 0 Å². The molecule has 1 atom stereocenters. The van der Waals surface area contributed by atoms with Crippen molar-refractivity contribution in [2.75, 3.05) is 7.05 Å². The van der Waals surface area contributed by atoms with E-state index < -0.39 is 5.92 Å². The van der Waals surface area contributed by atoms with Crippen LogP contribution < -0.4 is 5.73 Å². The summed E-state index contributed by atoms with van der Waals surface area (Å²) in [7, 11) is 1.75. The Hall–Kier alpha value is -0.940. The van der Waals surface area contributed by atoms with Gasteiger partial charge in [0.05, 0.1) is 10.9 Å². The Bertz CT molecular complexity index is 436. The third-order valence-electron chi connectivity index (χ3n) is 2.48. The Morgan fingerprint density at radius 3 is 2.76 bits per heavy atom. The second-order valence-electron chi connectivity index (χ2n) is 3.95. The number of amides is 1. The van der Waals surface area contributed by atoms with Gasteiger partial charge in [-0.05, 0) is 24.6 Å². The van der Waals surface area contributed by atoms with E-state index >= 15 is 0 Å². The minimum absolute atomic E-state index is 0.0579. The van der Waals surface area contributed by atoms with Crippen LogP contribution in [0.4, 0.5) is 0 Å². The maximum absolute atomic E-state index is 11.9. The van der Waals surface area contributed by atoms with Gasteiger partial charge in [0, 0.05) is 18.1 Å². The number of nitrogens with zero attached hydrogens (tertiary/aromatic N) is 1. The SMILES string of the molecule is CC(C(=O)N(C)Cc1cccc(Br)c1)C(N)=S. The number of carbonyl (C=O) groups excluding carboxylic acids is 1. The van der Waals surface area contributed by atoms with E-state index in [9.17, 15) is 4.79 Å². The minimum Gasteiger partial charge on any atom is -0.393 e. The van der Waals surface area contributed by atoms with Gasteiger partial charge in [-0.1, -0.05) is 40.3 Å². The fraction of sp³-hybridized carbons (Fsp3) is 0.333. The summed E-state index contributed by atoms with van der Waals surface area (Å²) in [6, 6.07) is 7.84. The molecule has 0 aliphatic heterocycles. The van der Waals surface area contributed by atoms with Gasteiger partial charge in [0.1, 0.15) is 0 Å². The summed E-state index contributed by atoms with van der Waals surface area (Å²) in [6.07, 6.45) is 0. The monoisotopic (exact) mass is 314 g/mol. The largest absolute Gasteiger partial charge is 0.393 e.